The number of halogens is 1. The van der Waals surface area contributed by atoms with Crippen molar-refractivity contribution < 1.29 is 13.9 Å². The van der Waals surface area contributed by atoms with E-state index in [0.29, 0.717) is 32.8 Å². The van der Waals surface area contributed by atoms with Crippen LogP contribution in [0.2, 0.25) is 5.02 Å². The molecule has 4 rings (SSSR count). The van der Waals surface area contributed by atoms with Crippen LogP contribution in [0.1, 0.15) is 10.4 Å². The largest absolute Gasteiger partial charge is 0.423 e. The molecule has 27 heavy (non-hydrogen) atoms. The van der Waals surface area contributed by atoms with Crippen LogP contribution in [-0.4, -0.2) is 11.0 Å². The highest BCUT2D eigenvalue weighted by atomic mass is 35.5. The lowest BCUT2D eigenvalue weighted by Crippen LogP contribution is -2.08. The molecule has 0 atom stereocenters. The van der Waals surface area contributed by atoms with E-state index in [1.165, 1.54) is 12.1 Å². The van der Waals surface area contributed by atoms with Gasteiger partial charge < -0.3 is 9.15 Å². The SMILES string of the molecule is O=C(Oc1ccc2cc(-c3ccccn3)c(=O)oc2c1)c1cccc(Cl)c1. The first kappa shape index (κ1) is 17.0. The second kappa shape index (κ2) is 7.05. The highest BCUT2D eigenvalue weighted by Gasteiger charge is 2.12. The first-order valence-electron chi connectivity index (χ1n) is 8.07. The summed E-state index contributed by atoms with van der Waals surface area (Å²) in [6, 6.07) is 18.3. The third-order valence-electron chi connectivity index (χ3n) is 3.92. The number of pyridine rings is 1. The quantitative estimate of drug-likeness (QED) is 0.293. The normalized spacial score (nSPS) is 10.7. The predicted octanol–water partition coefficient (Wildman–Crippen LogP) is 4.73. The van der Waals surface area contributed by atoms with Crippen LogP contribution in [0.3, 0.4) is 0 Å². The van der Waals surface area contributed by atoms with Crippen LogP contribution in [0.5, 0.6) is 5.75 Å². The number of fused-ring (bicyclic) bond motifs is 1. The molecule has 6 heteroatoms. The van der Waals surface area contributed by atoms with Crippen molar-refractivity contribution in [1.82, 2.24) is 4.98 Å². The molecule has 2 aromatic carbocycles. The second-order valence-electron chi connectivity index (χ2n) is 5.76. The van der Waals surface area contributed by atoms with Gasteiger partial charge in [0.2, 0.25) is 0 Å². The minimum atomic E-state index is -0.552. The Bertz CT molecular complexity index is 1200. The average molecular weight is 378 g/mol. The standard InChI is InChI=1S/C21H12ClNO4/c22-15-5-3-4-14(10-15)20(24)26-16-8-7-13-11-17(18-6-1-2-9-23-18)21(25)27-19(13)12-16/h1-12H. The van der Waals surface area contributed by atoms with Crippen molar-refractivity contribution in [3.8, 4) is 17.0 Å². The molecule has 0 N–H and O–H groups in total. The number of nitrogens with zero attached hydrogens (tertiary/aromatic N) is 1. The Hall–Kier alpha value is -3.44. The number of hydrogen-bond acceptors (Lipinski definition) is 5. The van der Waals surface area contributed by atoms with Crippen molar-refractivity contribution in [1.29, 1.82) is 0 Å². The molecule has 0 amide bonds. The van der Waals surface area contributed by atoms with Gasteiger partial charge in [0, 0.05) is 22.7 Å². The van der Waals surface area contributed by atoms with E-state index in [1.54, 1.807) is 60.8 Å². The molecule has 2 aromatic heterocycles. The summed E-state index contributed by atoms with van der Waals surface area (Å²) < 4.78 is 10.7. The molecule has 0 aliphatic heterocycles. The molecule has 0 unspecified atom stereocenters. The molecule has 5 nitrogen and oxygen atoms in total. The van der Waals surface area contributed by atoms with Gasteiger partial charge in [0.25, 0.3) is 0 Å². The molecule has 0 spiro atoms. The lowest BCUT2D eigenvalue weighted by atomic mass is 10.1. The first-order valence-corrected chi connectivity index (χ1v) is 8.45. The third-order valence-corrected chi connectivity index (χ3v) is 4.15. The minimum Gasteiger partial charge on any atom is -0.423 e. The second-order valence-corrected chi connectivity index (χ2v) is 6.20. The van der Waals surface area contributed by atoms with Crippen LogP contribution < -0.4 is 10.4 Å². The molecule has 132 valence electrons. The lowest BCUT2D eigenvalue weighted by molar-refractivity contribution is 0.0735. The molecule has 0 saturated carbocycles. The van der Waals surface area contributed by atoms with Crippen LogP contribution >= 0.6 is 11.6 Å². The maximum atomic E-state index is 12.3. The smallest absolute Gasteiger partial charge is 0.345 e. The predicted molar refractivity (Wildman–Crippen MR) is 102 cm³/mol. The van der Waals surface area contributed by atoms with Crippen molar-refractivity contribution in [2.24, 2.45) is 0 Å². The maximum Gasteiger partial charge on any atom is 0.345 e. The van der Waals surface area contributed by atoms with Crippen molar-refractivity contribution in [3.63, 3.8) is 0 Å². The van der Waals surface area contributed by atoms with E-state index >= 15 is 0 Å². The van der Waals surface area contributed by atoms with Crippen molar-refractivity contribution >= 4 is 28.5 Å². The van der Waals surface area contributed by atoms with Gasteiger partial charge >= 0.3 is 11.6 Å². The van der Waals surface area contributed by atoms with Gasteiger partial charge in [-0.1, -0.05) is 23.7 Å². The van der Waals surface area contributed by atoms with E-state index in [0.717, 1.165) is 0 Å². The summed E-state index contributed by atoms with van der Waals surface area (Å²) in [7, 11) is 0. The number of carbonyl (C=O) groups is 1. The molecule has 0 radical (unpaired) electrons. The summed E-state index contributed by atoms with van der Waals surface area (Å²) in [4.78, 5) is 28.7. The summed E-state index contributed by atoms with van der Waals surface area (Å²) in [5, 5.41) is 1.13. The summed E-state index contributed by atoms with van der Waals surface area (Å²) in [6.45, 7) is 0. The number of ether oxygens (including phenoxy) is 1. The number of aromatic nitrogens is 1. The van der Waals surface area contributed by atoms with Gasteiger partial charge in [0.1, 0.15) is 11.3 Å². The van der Waals surface area contributed by atoms with E-state index in [1.807, 2.05) is 0 Å². The fourth-order valence-electron chi connectivity index (χ4n) is 2.64. The molecule has 0 fully saturated rings. The number of esters is 1. The van der Waals surface area contributed by atoms with Crippen LogP contribution in [0.25, 0.3) is 22.2 Å². The summed E-state index contributed by atoms with van der Waals surface area (Å²) in [5.41, 5.74) is 1.03. The summed E-state index contributed by atoms with van der Waals surface area (Å²) in [6.07, 6.45) is 1.61. The Kier molecular flexibility index (Phi) is 4.44. The monoisotopic (exact) mass is 377 g/mol. The fraction of sp³-hybridized carbons (Fsp3) is 0. The highest BCUT2D eigenvalue weighted by Crippen LogP contribution is 2.24. The Balaban J connectivity index is 1.67. The van der Waals surface area contributed by atoms with E-state index in [9.17, 15) is 9.59 Å². The third kappa shape index (κ3) is 3.59. The van der Waals surface area contributed by atoms with Crippen molar-refractivity contribution in [2.45, 2.75) is 0 Å². The molecular weight excluding hydrogens is 366 g/mol. The van der Waals surface area contributed by atoms with Gasteiger partial charge in [-0.3, -0.25) is 4.98 Å². The number of benzene rings is 2. The van der Waals surface area contributed by atoms with E-state index in [-0.39, 0.29) is 5.75 Å². The first-order chi connectivity index (χ1) is 13.1. The zero-order chi connectivity index (χ0) is 18.8. The number of rotatable bonds is 3. The maximum absolute atomic E-state index is 12.3. The van der Waals surface area contributed by atoms with E-state index in [2.05, 4.69) is 4.98 Å². The average Bonchev–Trinajstić information content (AvgIpc) is 2.68. The van der Waals surface area contributed by atoms with Crippen LogP contribution in [0.15, 0.2) is 82.1 Å². The van der Waals surface area contributed by atoms with Gasteiger partial charge in [0.05, 0.1) is 16.8 Å². The molecule has 0 bridgehead atoms. The van der Waals surface area contributed by atoms with E-state index < -0.39 is 11.6 Å². The molecule has 4 aromatic rings. The number of carbonyl (C=O) groups excluding carboxylic acids is 1. The van der Waals surface area contributed by atoms with Crippen LogP contribution in [0, 0.1) is 0 Å². The summed E-state index contributed by atoms with van der Waals surface area (Å²) >= 11 is 5.89. The zero-order valence-corrected chi connectivity index (χ0v) is 14.6. The van der Waals surface area contributed by atoms with Gasteiger partial charge in [0.15, 0.2) is 0 Å². The zero-order valence-electron chi connectivity index (χ0n) is 13.9. The molecule has 0 saturated heterocycles. The lowest BCUT2D eigenvalue weighted by Gasteiger charge is -2.06. The van der Waals surface area contributed by atoms with Gasteiger partial charge in [-0.25, -0.2) is 9.59 Å². The van der Waals surface area contributed by atoms with Crippen LogP contribution in [-0.2, 0) is 0 Å². The minimum absolute atomic E-state index is 0.265. The highest BCUT2D eigenvalue weighted by molar-refractivity contribution is 6.30. The van der Waals surface area contributed by atoms with Crippen LogP contribution in [0.4, 0.5) is 0 Å². The Morgan fingerprint density at radius 2 is 1.89 bits per heavy atom. The number of hydrogen-bond donors (Lipinski definition) is 0. The van der Waals surface area contributed by atoms with Gasteiger partial charge in [-0.15, -0.1) is 0 Å². The molecular formula is C21H12ClNO4. The van der Waals surface area contributed by atoms with Gasteiger partial charge in [-0.2, -0.15) is 0 Å². The molecule has 0 aliphatic carbocycles. The Morgan fingerprint density at radius 3 is 2.67 bits per heavy atom. The Morgan fingerprint density at radius 1 is 1.00 bits per heavy atom. The van der Waals surface area contributed by atoms with Crippen molar-refractivity contribution in [3.05, 3.63) is 93.9 Å². The molecule has 2 heterocycles. The van der Waals surface area contributed by atoms with E-state index in [4.69, 9.17) is 20.8 Å². The topological polar surface area (TPSA) is 69.4 Å². The Labute approximate surface area is 158 Å². The molecule has 0 aliphatic rings. The van der Waals surface area contributed by atoms with Gasteiger partial charge in [-0.05, 0) is 48.5 Å². The fourth-order valence-corrected chi connectivity index (χ4v) is 2.83. The summed E-state index contributed by atoms with van der Waals surface area (Å²) in [5.74, 6) is -0.287. The van der Waals surface area contributed by atoms with Crippen molar-refractivity contribution in [2.75, 3.05) is 0 Å².